The summed E-state index contributed by atoms with van der Waals surface area (Å²) in [6.45, 7) is 10.8. The minimum Gasteiger partial charge on any atom is -0.507 e. The average Bonchev–Trinajstić information content (AvgIpc) is 3.08. The van der Waals surface area contributed by atoms with Crippen LogP contribution in [-0.4, -0.2) is 59.4 Å². The minimum absolute atomic E-state index is 0.0710. The Morgan fingerprint density at radius 3 is 2.33 bits per heavy atom. The number of Topliss-reactive ketones (excluding diaryl/α,β-unsaturated/α-hetero) is 1. The van der Waals surface area contributed by atoms with Crippen LogP contribution in [0.3, 0.4) is 0 Å². The Balaban J connectivity index is 2.03. The smallest absolute Gasteiger partial charge is 0.295 e. The molecule has 1 aliphatic heterocycles. The quantitative estimate of drug-likeness (QED) is 0.237. The summed E-state index contributed by atoms with van der Waals surface area (Å²) in [6.07, 6.45) is 1.64. The second kappa shape index (κ2) is 11.2. The van der Waals surface area contributed by atoms with E-state index in [2.05, 4.69) is 25.3 Å². The summed E-state index contributed by atoms with van der Waals surface area (Å²) in [5, 5.41) is 11.7. The molecular formula is C26H29ClN2O4. The molecule has 1 amide bonds. The third-order valence-corrected chi connectivity index (χ3v) is 6.02. The second-order valence-corrected chi connectivity index (χ2v) is 8.13. The van der Waals surface area contributed by atoms with Crippen LogP contribution in [0.15, 0.2) is 66.8 Å². The van der Waals surface area contributed by atoms with E-state index in [9.17, 15) is 14.7 Å². The fourth-order valence-electron chi connectivity index (χ4n) is 3.91. The van der Waals surface area contributed by atoms with E-state index in [1.165, 1.54) is 4.90 Å². The molecular weight excluding hydrogens is 440 g/mol. The third kappa shape index (κ3) is 5.46. The zero-order chi connectivity index (χ0) is 24.0. The Bertz CT molecular complexity index is 1030. The van der Waals surface area contributed by atoms with Crippen molar-refractivity contribution in [1.82, 2.24) is 9.80 Å². The molecule has 1 fully saturated rings. The molecule has 1 saturated heterocycles. The van der Waals surface area contributed by atoms with Crippen molar-refractivity contribution in [3.8, 4) is 5.75 Å². The molecule has 1 atom stereocenters. The van der Waals surface area contributed by atoms with Crippen LogP contribution in [-0.2, 0) is 9.59 Å². The van der Waals surface area contributed by atoms with Gasteiger partial charge < -0.3 is 19.6 Å². The van der Waals surface area contributed by atoms with Crippen molar-refractivity contribution in [2.24, 2.45) is 0 Å². The van der Waals surface area contributed by atoms with Crippen molar-refractivity contribution in [3.05, 3.63) is 82.9 Å². The minimum atomic E-state index is -0.700. The van der Waals surface area contributed by atoms with Crippen molar-refractivity contribution < 1.29 is 19.4 Å². The van der Waals surface area contributed by atoms with E-state index in [4.69, 9.17) is 16.3 Å². The predicted molar refractivity (Wildman–Crippen MR) is 130 cm³/mol. The maximum absolute atomic E-state index is 13.1. The Labute approximate surface area is 199 Å². The number of ether oxygens (including phenoxy) is 1. The highest BCUT2D eigenvalue weighted by Crippen LogP contribution is 2.39. The van der Waals surface area contributed by atoms with E-state index in [1.807, 2.05) is 0 Å². The highest BCUT2D eigenvalue weighted by atomic mass is 35.5. The van der Waals surface area contributed by atoms with Crippen LogP contribution >= 0.6 is 11.6 Å². The molecule has 1 N–H and O–H groups in total. The van der Waals surface area contributed by atoms with Gasteiger partial charge in [-0.1, -0.05) is 50.2 Å². The van der Waals surface area contributed by atoms with Gasteiger partial charge in [0.2, 0.25) is 0 Å². The molecule has 3 rings (SSSR count). The highest BCUT2D eigenvalue weighted by molar-refractivity contribution is 6.46. The van der Waals surface area contributed by atoms with Gasteiger partial charge in [-0.25, -0.2) is 0 Å². The van der Waals surface area contributed by atoms with E-state index in [0.29, 0.717) is 41.6 Å². The number of hydrogen-bond donors (Lipinski definition) is 1. The van der Waals surface area contributed by atoms with Gasteiger partial charge in [-0.3, -0.25) is 9.59 Å². The van der Waals surface area contributed by atoms with Crippen LogP contribution in [0.5, 0.6) is 5.75 Å². The van der Waals surface area contributed by atoms with Gasteiger partial charge in [0.25, 0.3) is 11.7 Å². The van der Waals surface area contributed by atoms with Crippen LogP contribution < -0.4 is 4.74 Å². The molecule has 1 aliphatic rings. The standard InChI is InChI=1S/C26H29ClN2O4/c1-4-17-33-21-13-9-19(10-14-21)24(30)22-23(18-7-11-20(27)12-8-18)29(26(32)25(22)31)16-15-28(5-2)6-3/h4,7-14,23,30H,1,5-6,15-17H2,2-3H3/b24-22-. The van der Waals surface area contributed by atoms with Crippen LogP contribution in [0.25, 0.3) is 5.76 Å². The first kappa shape index (κ1) is 24.6. The number of halogens is 1. The van der Waals surface area contributed by atoms with Gasteiger partial charge in [0.1, 0.15) is 18.1 Å². The first-order valence-corrected chi connectivity index (χ1v) is 11.4. The van der Waals surface area contributed by atoms with Gasteiger partial charge in [0.05, 0.1) is 11.6 Å². The average molecular weight is 469 g/mol. The monoisotopic (exact) mass is 468 g/mol. The molecule has 174 valence electrons. The number of carbonyl (C=O) groups is 2. The van der Waals surface area contributed by atoms with Crippen molar-refractivity contribution >= 4 is 29.1 Å². The summed E-state index contributed by atoms with van der Waals surface area (Å²) < 4.78 is 5.49. The molecule has 0 bridgehead atoms. The second-order valence-electron chi connectivity index (χ2n) is 7.69. The van der Waals surface area contributed by atoms with Crippen molar-refractivity contribution in [1.29, 1.82) is 0 Å². The Hall–Kier alpha value is -3.09. The molecule has 0 aliphatic carbocycles. The van der Waals surface area contributed by atoms with Crippen LogP contribution in [0.2, 0.25) is 5.02 Å². The maximum atomic E-state index is 13.1. The zero-order valence-electron chi connectivity index (χ0n) is 19.0. The van der Waals surface area contributed by atoms with Crippen LogP contribution in [0, 0.1) is 0 Å². The van der Waals surface area contributed by atoms with E-state index in [1.54, 1.807) is 54.6 Å². The number of carbonyl (C=O) groups excluding carboxylic acids is 2. The first-order valence-electron chi connectivity index (χ1n) is 11.0. The largest absolute Gasteiger partial charge is 0.507 e. The van der Waals surface area contributed by atoms with Gasteiger partial charge in [0.15, 0.2) is 0 Å². The van der Waals surface area contributed by atoms with Gasteiger partial charge in [0, 0.05) is 23.7 Å². The van der Waals surface area contributed by atoms with Crippen molar-refractivity contribution in [2.75, 3.05) is 32.8 Å². The number of ketones is 1. The van der Waals surface area contributed by atoms with Crippen molar-refractivity contribution in [3.63, 3.8) is 0 Å². The summed E-state index contributed by atoms with van der Waals surface area (Å²) >= 11 is 6.06. The summed E-state index contributed by atoms with van der Waals surface area (Å²) in [5.74, 6) is -0.914. The zero-order valence-corrected chi connectivity index (χ0v) is 19.7. The number of rotatable bonds is 10. The maximum Gasteiger partial charge on any atom is 0.295 e. The summed E-state index contributed by atoms with van der Waals surface area (Å²) in [5.41, 5.74) is 1.22. The van der Waals surface area contributed by atoms with E-state index < -0.39 is 17.7 Å². The van der Waals surface area contributed by atoms with E-state index >= 15 is 0 Å². The fraction of sp³-hybridized carbons (Fsp3) is 0.308. The molecule has 2 aromatic carbocycles. The topological polar surface area (TPSA) is 70.1 Å². The molecule has 0 radical (unpaired) electrons. The SMILES string of the molecule is C=CCOc1ccc(/C(O)=C2/C(=O)C(=O)N(CCN(CC)CC)C2c2ccc(Cl)cc2)cc1. The highest BCUT2D eigenvalue weighted by Gasteiger charge is 2.45. The van der Waals surface area contributed by atoms with E-state index in [-0.39, 0.29) is 11.3 Å². The number of benzene rings is 2. The van der Waals surface area contributed by atoms with Crippen molar-refractivity contribution in [2.45, 2.75) is 19.9 Å². The van der Waals surface area contributed by atoms with Crippen LogP contribution in [0.4, 0.5) is 0 Å². The molecule has 1 unspecified atom stereocenters. The fourth-order valence-corrected chi connectivity index (χ4v) is 4.04. The van der Waals surface area contributed by atoms with Gasteiger partial charge in [-0.15, -0.1) is 0 Å². The number of aliphatic hydroxyl groups excluding tert-OH is 1. The third-order valence-electron chi connectivity index (χ3n) is 5.77. The molecule has 6 nitrogen and oxygen atoms in total. The number of hydrogen-bond acceptors (Lipinski definition) is 5. The molecule has 0 spiro atoms. The lowest BCUT2D eigenvalue weighted by atomic mass is 9.95. The normalized spacial score (nSPS) is 17.6. The lowest BCUT2D eigenvalue weighted by Gasteiger charge is -2.28. The summed E-state index contributed by atoms with van der Waals surface area (Å²) in [4.78, 5) is 29.8. The Morgan fingerprint density at radius 2 is 1.76 bits per heavy atom. The molecule has 0 saturated carbocycles. The van der Waals surface area contributed by atoms with Crippen LogP contribution in [0.1, 0.15) is 31.0 Å². The molecule has 0 aromatic heterocycles. The van der Waals surface area contributed by atoms with Gasteiger partial charge in [-0.05, 0) is 55.1 Å². The molecule has 2 aromatic rings. The summed E-state index contributed by atoms with van der Waals surface area (Å²) in [6, 6.07) is 13.0. The first-order chi connectivity index (χ1) is 15.9. The predicted octanol–water partition coefficient (Wildman–Crippen LogP) is 4.67. The van der Waals surface area contributed by atoms with Gasteiger partial charge in [-0.2, -0.15) is 0 Å². The lowest BCUT2D eigenvalue weighted by Crippen LogP contribution is -2.38. The number of aliphatic hydroxyl groups is 1. The number of likely N-dealkylation sites (N-methyl/N-ethyl adjacent to an activating group) is 1. The summed E-state index contributed by atoms with van der Waals surface area (Å²) in [7, 11) is 0. The molecule has 33 heavy (non-hydrogen) atoms. The Kier molecular flexibility index (Phi) is 8.31. The van der Waals surface area contributed by atoms with Gasteiger partial charge >= 0.3 is 0 Å². The van der Waals surface area contributed by atoms with E-state index in [0.717, 1.165) is 13.1 Å². The number of likely N-dealkylation sites (tertiary alicyclic amines) is 1. The molecule has 7 heteroatoms. The lowest BCUT2D eigenvalue weighted by molar-refractivity contribution is -0.140. The Morgan fingerprint density at radius 1 is 1.12 bits per heavy atom. The number of nitrogens with zero attached hydrogens (tertiary/aromatic N) is 2. The number of amides is 1. The molecule has 1 heterocycles.